The van der Waals surface area contributed by atoms with E-state index in [1.807, 2.05) is 105 Å². The summed E-state index contributed by atoms with van der Waals surface area (Å²) in [5, 5.41) is 2.72. The molecule has 2 fully saturated rings. The first-order chi connectivity index (χ1) is 29.5. The van der Waals surface area contributed by atoms with E-state index in [0.29, 0.717) is 31.1 Å². The molecular formula is C46H62N8O7S5. The first-order valence-corrected chi connectivity index (χ1v) is 20.6. The Kier molecular flexibility index (Phi) is 22.9. The van der Waals surface area contributed by atoms with E-state index in [1.54, 1.807) is 11.1 Å². The van der Waals surface area contributed by atoms with Crippen LogP contribution in [0.25, 0.3) is 22.3 Å². The standard InChI is InChI=1S/C46H52N8O7.5H2S/c1-28(2)40(48-27-60-59-6)44(55)53-22-10-13-38(53)42-47-25-37(51-42)32-19-16-30(17-20-32)14-15-31-18-21-35-36(23-31)50-43(49-35)39-24-34(61-33-11-8-7-9-12-33)26-54(39)45(56)41(29(3)4)52-46(57)58-5;;;;;/h7-9,11-12,16-21,23,25,27-29,34,38-41H,10,13,22,24,26H2,1-6H3,(H,47,51)(H,49,50)(H,52,57);5*1H2/t34-,38-,39-,40-,41-;;;;;/m0...../s1. The number of para-hydroxylation sites is 1. The minimum absolute atomic E-state index is 0. The highest BCUT2D eigenvalue weighted by Gasteiger charge is 2.43. The molecule has 15 nitrogen and oxygen atoms in total. The molecule has 0 bridgehead atoms. The summed E-state index contributed by atoms with van der Waals surface area (Å²) in [4.78, 5) is 73.7. The topological polar surface area (TPSA) is 176 Å². The summed E-state index contributed by atoms with van der Waals surface area (Å²) in [6, 6.07) is 21.2. The van der Waals surface area contributed by atoms with Gasteiger partial charge in [0, 0.05) is 24.1 Å². The molecule has 7 rings (SSSR count). The summed E-state index contributed by atoms with van der Waals surface area (Å²) in [7, 11) is 2.66. The largest absolute Gasteiger partial charge is 0.488 e. The molecule has 0 radical (unpaired) electrons. The number of aromatic nitrogens is 4. The molecular weight excluding hydrogens is 937 g/mol. The second-order valence-electron chi connectivity index (χ2n) is 15.9. The van der Waals surface area contributed by atoms with E-state index in [4.69, 9.17) is 19.3 Å². The van der Waals surface area contributed by atoms with Crippen molar-refractivity contribution < 1.29 is 33.6 Å². The Morgan fingerprint density at radius 3 is 2.20 bits per heavy atom. The van der Waals surface area contributed by atoms with Crippen LogP contribution >= 0.6 is 67.5 Å². The molecule has 20 heteroatoms. The average Bonchev–Trinajstić information content (AvgIpc) is 4.10. The lowest BCUT2D eigenvalue weighted by molar-refractivity contribution is -0.188. The Hall–Kier alpha value is -4.91. The van der Waals surface area contributed by atoms with Crippen molar-refractivity contribution in [1.29, 1.82) is 0 Å². The van der Waals surface area contributed by atoms with Crippen LogP contribution in [0.5, 0.6) is 5.75 Å². The van der Waals surface area contributed by atoms with Gasteiger partial charge in [-0.25, -0.2) is 19.8 Å². The Balaban J connectivity index is 0.00000299. The summed E-state index contributed by atoms with van der Waals surface area (Å²) >= 11 is 0. The number of fused-ring (bicyclic) bond motifs is 1. The molecule has 358 valence electrons. The van der Waals surface area contributed by atoms with Crippen LogP contribution in [0.1, 0.15) is 81.8 Å². The first-order valence-electron chi connectivity index (χ1n) is 20.6. The number of hydrogen-bond acceptors (Lipinski definition) is 10. The Morgan fingerprint density at radius 2 is 1.53 bits per heavy atom. The number of nitrogens with zero attached hydrogens (tertiary/aromatic N) is 5. The molecule has 5 aromatic rings. The van der Waals surface area contributed by atoms with Crippen molar-refractivity contribution in [3.8, 4) is 28.8 Å². The predicted molar refractivity (Wildman–Crippen MR) is 281 cm³/mol. The zero-order chi connectivity index (χ0) is 43.0. The van der Waals surface area contributed by atoms with Crippen LogP contribution < -0.4 is 10.1 Å². The predicted octanol–water partition coefficient (Wildman–Crippen LogP) is 7.31. The van der Waals surface area contributed by atoms with Crippen LogP contribution in [0.2, 0.25) is 0 Å². The Bertz CT molecular complexity index is 2420. The maximum absolute atomic E-state index is 14.1. The van der Waals surface area contributed by atoms with Gasteiger partial charge in [-0.1, -0.05) is 69.9 Å². The van der Waals surface area contributed by atoms with Crippen molar-refractivity contribution in [1.82, 2.24) is 35.1 Å². The van der Waals surface area contributed by atoms with Crippen molar-refractivity contribution in [2.75, 3.05) is 27.3 Å². The molecule has 3 amide bonds. The van der Waals surface area contributed by atoms with Crippen LogP contribution in [0, 0.1) is 23.7 Å². The molecule has 3 aromatic carbocycles. The first kappa shape index (κ1) is 57.2. The number of ether oxygens (including phenoxy) is 2. The maximum atomic E-state index is 14.1. The second-order valence-corrected chi connectivity index (χ2v) is 15.9. The number of carbonyl (C=O) groups excluding carboxylic acids is 3. The lowest BCUT2D eigenvalue weighted by Crippen LogP contribution is -2.51. The fourth-order valence-corrected chi connectivity index (χ4v) is 7.89. The lowest BCUT2D eigenvalue weighted by Gasteiger charge is -2.29. The molecule has 0 unspecified atom stereocenters. The number of alkyl carbamates (subject to hydrolysis) is 1. The molecule has 3 N–H and O–H groups in total. The van der Waals surface area contributed by atoms with Gasteiger partial charge in [0.05, 0.1) is 55.8 Å². The Labute approximate surface area is 421 Å². The zero-order valence-corrected chi connectivity index (χ0v) is 42.8. The number of aromatic amines is 2. The summed E-state index contributed by atoms with van der Waals surface area (Å²) < 4.78 is 11.1. The number of nitrogens with one attached hydrogen (secondary N) is 3. The molecule has 5 atom stereocenters. The number of H-pyrrole nitrogens is 2. The van der Waals surface area contributed by atoms with Crippen LogP contribution in [0.4, 0.5) is 4.79 Å². The lowest BCUT2D eigenvalue weighted by atomic mass is 10.0. The third kappa shape index (κ3) is 13.6. The zero-order valence-electron chi connectivity index (χ0n) is 37.8. The van der Waals surface area contributed by atoms with Gasteiger partial charge in [0.25, 0.3) is 0 Å². The second kappa shape index (κ2) is 26.4. The summed E-state index contributed by atoms with van der Waals surface area (Å²) in [6.07, 6.45) is 4.20. The van der Waals surface area contributed by atoms with Crippen LogP contribution in [-0.2, 0) is 24.1 Å². The van der Waals surface area contributed by atoms with Crippen LogP contribution in [0.15, 0.2) is 84.0 Å². The summed E-state index contributed by atoms with van der Waals surface area (Å²) in [5.41, 5.74) is 4.96. The van der Waals surface area contributed by atoms with E-state index in [1.165, 1.54) is 20.6 Å². The van der Waals surface area contributed by atoms with Crippen molar-refractivity contribution in [2.24, 2.45) is 16.8 Å². The molecule has 0 saturated carbocycles. The summed E-state index contributed by atoms with van der Waals surface area (Å²) in [5.74, 6) is 8.11. The number of amides is 3. The van der Waals surface area contributed by atoms with Crippen molar-refractivity contribution in [3.63, 3.8) is 0 Å². The van der Waals surface area contributed by atoms with Gasteiger partial charge in [0.15, 0.2) is 0 Å². The number of benzene rings is 3. The van der Waals surface area contributed by atoms with E-state index in [9.17, 15) is 14.4 Å². The highest BCUT2D eigenvalue weighted by atomic mass is 32.1. The highest BCUT2D eigenvalue weighted by Crippen LogP contribution is 2.36. The molecule has 66 heavy (non-hydrogen) atoms. The number of carbonyl (C=O) groups is 3. The van der Waals surface area contributed by atoms with Crippen molar-refractivity contribution >= 4 is 103 Å². The fourth-order valence-electron chi connectivity index (χ4n) is 7.89. The van der Waals surface area contributed by atoms with Gasteiger partial charge < -0.3 is 39.4 Å². The number of aliphatic imine (C=N–C) groups is 1. The van der Waals surface area contributed by atoms with Crippen LogP contribution in [0.3, 0.4) is 0 Å². The van der Waals surface area contributed by atoms with Gasteiger partial charge in [-0.05, 0) is 72.7 Å². The smallest absolute Gasteiger partial charge is 0.407 e. The average molecular weight is 999 g/mol. The van der Waals surface area contributed by atoms with Gasteiger partial charge in [0.2, 0.25) is 18.2 Å². The molecule has 2 aromatic heterocycles. The monoisotopic (exact) mass is 998 g/mol. The number of methoxy groups -OCH3 is 1. The maximum Gasteiger partial charge on any atom is 0.407 e. The van der Waals surface area contributed by atoms with Crippen molar-refractivity contribution in [3.05, 3.63) is 102 Å². The van der Waals surface area contributed by atoms with Crippen molar-refractivity contribution in [2.45, 2.75) is 77.2 Å². The van der Waals surface area contributed by atoms with E-state index < -0.39 is 24.2 Å². The fraction of sp³-hybridized carbons (Fsp3) is 0.391. The molecule has 2 aliphatic heterocycles. The molecule has 2 saturated heterocycles. The number of imidazole rings is 2. The van der Waals surface area contributed by atoms with Gasteiger partial charge in [-0.2, -0.15) is 72.4 Å². The molecule has 0 aliphatic carbocycles. The van der Waals surface area contributed by atoms with Gasteiger partial charge in [-0.15, -0.1) is 0 Å². The van der Waals surface area contributed by atoms with E-state index in [2.05, 4.69) is 42.0 Å². The highest BCUT2D eigenvalue weighted by molar-refractivity contribution is 7.60. The van der Waals surface area contributed by atoms with Gasteiger partial charge >= 0.3 is 6.09 Å². The van der Waals surface area contributed by atoms with Gasteiger partial charge in [0.1, 0.15) is 35.6 Å². The number of likely N-dealkylation sites (tertiary alicyclic amines) is 2. The minimum atomic E-state index is -0.797. The molecule has 0 spiro atoms. The number of hydrogen-bond donors (Lipinski definition) is 3. The minimum Gasteiger partial charge on any atom is -0.488 e. The van der Waals surface area contributed by atoms with Gasteiger partial charge in [-0.3, -0.25) is 9.59 Å². The van der Waals surface area contributed by atoms with E-state index in [0.717, 1.165) is 52.1 Å². The van der Waals surface area contributed by atoms with E-state index in [-0.39, 0.29) is 103 Å². The normalized spacial score (nSPS) is 17.2. The summed E-state index contributed by atoms with van der Waals surface area (Å²) in [6.45, 7) is 8.63. The van der Waals surface area contributed by atoms with E-state index >= 15 is 0 Å². The Morgan fingerprint density at radius 1 is 0.833 bits per heavy atom. The third-order valence-corrected chi connectivity index (χ3v) is 11.0. The molecule has 2 aliphatic rings. The number of rotatable bonds is 13. The SMILES string of the molecule is COOC=N[C@H](C(=O)N1CCC[C@H]1c1ncc(-c2ccc(C#Cc3ccc4nc([C@@H]5C[C@H](Oc6ccccc6)CN5C(=O)[C@@H](NC(=O)OC)C(C)C)[nH]c4c3)cc2)[nH]1)C(C)C.S.S.S.S.S. The molecule has 4 heterocycles. The quantitative estimate of drug-likeness (QED) is 0.0359. The van der Waals surface area contributed by atoms with Crippen LogP contribution in [-0.4, -0.2) is 99.5 Å². The third-order valence-electron chi connectivity index (χ3n) is 11.0.